The fraction of sp³-hybridized carbons (Fsp3) is 0.688. The van der Waals surface area contributed by atoms with Gasteiger partial charge in [0.1, 0.15) is 5.41 Å². The van der Waals surface area contributed by atoms with Gasteiger partial charge in [-0.25, -0.2) is 0 Å². The summed E-state index contributed by atoms with van der Waals surface area (Å²) in [5.74, 6) is -0.343. The quantitative estimate of drug-likeness (QED) is 0.618. The standard InChI is InChI=1S/C16H24N2O3/c1-4-18-13(10-12(3)17-18)11-16(15(20)21-5-2)9-7-6-8-14(16)19/h10H,4-9,11H2,1-3H3. The van der Waals surface area contributed by atoms with E-state index in [4.69, 9.17) is 4.74 Å². The van der Waals surface area contributed by atoms with Crippen LogP contribution in [-0.4, -0.2) is 28.1 Å². The Labute approximate surface area is 125 Å². The topological polar surface area (TPSA) is 61.2 Å². The lowest BCUT2D eigenvalue weighted by atomic mass is 9.70. The fourth-order valence-electron chi connectivity index (χ4n) is 3.16. The Balaban J connectivity index is 2.35. The van der Waals surface area contributed by atoms with Crippen molar-refractivity contribution in [1.82, 2.24) is 9.78 Å². The predicted molar refractivity (Wildman–Crippen MR) is 78.9 cm³/mol. The highest BCUT2D eigenvalue weighted by Gasteiger charge is 2.48. The minimum atomic E-state index is -1.01. The number of nitrogens with zero attached hydrogens (tertiary/aromatic N) is 2. The molecule has 0 saturated heterocycles. The SMILES string of the molecule is CCOC(=O)C1(Cc2cc(C)nn2CC)CCCCC1=O. The zero-order valence-corrected chi connectivity index (χ0v) is 13.1. The number of aromatic nitrogens is 2. The van der Waals surface area contributed by atoms with E-state index in [0.29, 0.717) is 25.9 Å². The van der Waals surface area contributed by atoms with E-state index in [1.54, 1.807) is 6.92 Å². The molecule has 1 unspecified atom stereocenters. The number of hydrogen-bond acceptors (Lipinski definition) is 4. The first-order valence-corrected chi connectivity index (χ1v) is 7.77. The highest BCUT2D eigenvalue weighted by Crippen LogP contribution is 2.38. The van der Waals surface area contributed by atoms with Gasteiger partial charge in [0.25, 0.3) is 0 Å². The fourth-order valence-corrected chi connectivity index (χ4v) is 3.16. The molecular weight excluding hydrogens is 268 g/mol. The van der Waals surface area contributed by atoms with E-state index < -0.39 is 5.41 Å². The number of aryl methyl sites for hydroxylation is 2. The summed E-state index contributed by atoms with van der Waals surface area (Å²) < 4.78 is 7.09. The van der Waals surface area contributed by atoms with Crippen LogP contribution in [0.3, 0.4) is 0 Å². The molecule has 0 amide bonds. The highest BCUT2D eigenvalue weighted by molar-refractivity contribution is 6.04. The smallest absolute Gasteiger partial charge is 0.320 e. The normalized spacial score (nSPS) is 22.3. The number of hydrogen-bond donors (Lipinski definition) is 0. The third kappa shape index (κ3) is 3.01. The Bertz CT molecular complexity index is 536. The Morgan fingerprint density at radius 1 is 1.43 bits per heavy atom. The molecule has 1 aromatic rings. The first-order valence-electron chi connectivity index (χ1n) is 7.77. The summed E-state index contributed by atoms with van der Waals surface area (Å²) in [4.78, 5) is 25.0. The van der Waals surface area contributed by atoms with Crippen LogP contribution in [0.4, 0.5) is 0 Å². The van der Waals surface area contributed by atoms with Gasteiger partial charge in [-0.3, -0.25) is 14.3 Å². The molecule has 1 aliphatic rings. The summed E-state index contributed by atoms with van der Waals surface area (Å²) in [7, 11) is 0. The van der Waals surface area contributed by atoms with Crippen molar-refractivity contribution in [1.29, 1.82) is 0 Å². The van der Waals surface area contributed by atoms with Crippen molar-refractivity contribution in [3.05, 3.63) is 17.5 Å². The molecule has 116 valence electrons. The molecule has 1 aromatic heterocycles. The van der Waals surface area contributed by atoms with Crippen LogP contribution in [0.25, 0.3) is 0 Å². The first-order chi connectivity index (χ1) is 10.0. The number of carbonyl (C=O) groups excluding carboxylic acids is 2. The largest absolute Gasteiger partial charge is 0.465 e. The zero-order valence-electron chi connectivity index (χ0n) is 13.1. The maximum Gasteiger partial charge on any atom is 0.320 e. The molecule has 1 atom stereocenters. The number of ketones is 1. The molecule has 0 N–H and O–H groups in total. The summed E-state index contributed by atoms with van der Waals surface area (Å²) in [6.07, 6.45) is 3.21. The average molecular weight is 292 g/mol. The summed E-state index contributed by atoms with van der Waals surface area (Å²) in [5.41, 5.74) is 0.848. The molecule has 0 spiro atoms. The van der Waals surface area contributed by atoms with Gasteiger partial charge in [0, 0.05) is 25.1 Å². The van der Waals surface area contributed by atoms with Crippen LogP contribution in [0.5, 0.6) is 0 Å². The molecule has 0 aliphatic heterocycles. The summed E-state index contributed by atoms with van der Waals surface area (Å²) in [6.45, 7) is 6.75. The number of Topliss-reactive ketones (excluding diaryl/α,β-unsaturated/α-hetero) is 1. The predicted octanol–water partition coefficient (Wildman–Crippen LogP) is 2.45. The van der Waals surface area contributed by atoms with Gasteiger partial charge in [-0.2, -0.15) is 5.10 Å². The summed E-state index contributed by atoms with van der Waals surface area (Å²) in [5, 5.41) is 4.41. The number of ether oxygens (including phenoxy) is 1. The lowest BCUT2D eigenvalue weighted by Crippen LogP contribution is -2.45. The van der Waals surface area contributed by atoms with Crippen LogP contribution in [0.2, 0.25) is 0 Å². The molecule has 1 heterocycles. The van der Waals surface area contributed by atoms with Gasteiger partial charge in [-0.05, 0) is 39.7 Å². The van der Waals surface area contributed by atoms with Gasteiger partial charge in [0.15, 0.2) is 5.78 Å². The molecule has 0 aromatic carbocycles. The Morgan fingerprint density at radius 2 is 2.19 bits per heavy atom. The average Bonchev–Trinajstić information content (AvgIpc) is 2.81. The van der Waals surface area contributed by atoms with E-state index in [1.807, 2.05) is 24.6 Å². The van der Waals surface area contributed by atoms with Crippen molar-refractivity contribution in [2.24, 2.45) is 5.41 Å². The Morgan fingerprint density at radius 3 is 2.81 bits per heavy atom. The van der Waals surface area contributed by atoms with Crippen LogP contribution in [-0.2, 0) is 27.3 Å². The second-order valence-electron chi connectivity index (χ2n) is 5.70. The number of carbonyl (C=O) groups is 2. The molecule has 21 heavy (non-hydrogen) atoms. The van der Waals surface area contributed by atoms with Gasteiger partial charge in [0.2, 0.25) is 0 Å². The van der Waals surface area contributed by atoms with Gasteiger partial charge < -0.3 is 4.74 Å². The molecule has 2 rings (SSSR count). The van der Waals surface area contributed by atoms with E-state index in [2.05, 4.69) is 5.10 Å². The van der Waals surface area contributed by atoms with Crippen LogP contribution >= 0.6 is 0 Å². The lowest BCUT2D eigenvalue weighted by molar-refractivity contribution is -0.162. The van der Waals surface area contributed by atoms with Gasteiger partial charge >= 0.3 is 5.97 Å². The van der Waals surface area contributed by atoms with Crippen LogP contribution < -0.4 is 0 Å². The molecule has 0 bridgehead atoms. The monoisotopic (exact) mass is 292 g/mol. The Hall–Kier alpha value is -1.65. The summed E-state index contributed by atoms with van der Waals surface area (Å²) in [6, 6.07) is 1.96. The second kappa shape index (κ2) is 6.41. The van der Waals surface area contributed by atoms with Crippen molar-refractivity contribution in [2.75, 3.05) is 6.61 Å². The molecule has 1 aliphatic carbocycles. The number of rotatable bonds is 5. The molecule has 1 fully saturated rings. The second-order valence-corrected chi connectivity index (χ2v) is 5.70. The van der Waals surface area contributed by atoms with Gasteiger partial charge in [-0.1, -0.05) is 6.42 Å². The van der Waals surface area contributed by atoms with E-state index in [9.17, 15) is 9.59 Å². The number of esters is 1. The van der Waals surface area contributed by atoms with E-state index in [1.165, 1.54) is 0 Å². The molecule has 1 saturated carbocycles. The first kappa shape index (κ1) is 15.7. The van der Waals surface area contributed by atoms with Crippen LogP contribution in [0.15, 0.2) is 6.07 Å². The van der Waals surface area contributed by atoms with Gasteiger partial charge in [0.05, 0.1) is 12.3 Å². The Kier molecular flexibility index (Phi) is 4.80. The van der Waals surface area contributed by atoms with E-state index in [-0.39, 0.29) is 11.8 Å². The molecular formula is C16H24N2O3. The molecule has 0 radical (unpaired) electrons. The molecule has 5 nitrogen and oxygen atoms in total. The van der Waals surface area contributed by atoms with E-state index in [0.717, 1.165) is 30.8 Å². The van der Waals surface area contributed by atoms with Crippen LogP contribution in [0, 0.1) is 12.3 Å². The zero-order chi connectivity index (χ0) is 15.5. The highest BCUT2D eigenvalue weighted by atomic mass is 16.5. The van der Waals surface area contributed by atoms with Crippen molar-refractivity contribution in [2.45, 2.75) is 59.4 Å². The van der Waals surface area contributed by atoms with Crippen LogP contribution in [0.1, 0.15) is 50.9 Å². The van der Waals surface area contributed by atoms with E-state index >= 15 is 0 Å². The van der Waals surface area contributed by atoms with Crippen molar-refractivity contribution in [3.8, 4) is 0 Å². The minimum Gasteiger partial charge on any atom is -0.465 e. The van der Waals surface area contributed by atoms with Crippen molar-refractivity contribution >= 4 is 11.8 Å². The third-order valence-electron chi connectivity index (χ3n) is 4.23. The summed E-state index contributed by atoms with van der Waals surface area (Å²) >= 11 is 0. The maximum absolute atomic E-state index is 12.5. The lowest BCUT2D eigenvalue weighted by Gasteiger charge is -2.33. The van der Waals surface area contributed by atoms with Crippen molar-refractivity contribution in [3.63, 3.8) is 0 Å². The van der Waals surface area contributed by atoms with Crippen molar-refractivity contribution < 1.29 is 14.3 Å². The third-order valence-corrected chi connectivity index (χ3v) is 4.23. The minimum absolute atomic E-state index is 0.0220. The van der Waals surface area contributed by atoms with Gasteiger partial charge in [-0.15, -0.1) is 0 Å². The molecule has 5 heteroatoms. The maximum atomic E-state index is 12.5.